The average Bonchev–Trinajstić information content (AvgIpc) is 2.36. The Labute approximate surface area is 143 Å². The molecule has 0 atom stereocenters. The van der Waals surface area contributed by atoms with Gasteiger partial charge in [0.05, 0.1) is 4.90 Å². The summed E-state index contributed by atoms with van der Waals surface area (Å²) < 4.78 is 53.9. The van der Waals surface area contributed by atoms with Crippen molar-refractivity contribution in [2.45, 2.75) is 16.7 Å². The fourth-order valence-electron chi connectivity index (χ4n) is 1.77. The minimum Gasteiger partial charge on any atom is -0.379 e. The molecular weight excluding hydrogens is 439 g/mol. The van der Waals surface area contributed by atoms with Crippen LogP contribution in [-0.4, -0.2) is 23.1 Å². The molecule has 8 heteroatoms. The molecule has 2 aromatic carbocycles. The zero-order valence-corrected chi connectivity index (χ0v) is 15.6. The van der Waals surface area contributed by atoms with Crippen molar-refractivity contribution in [1.29, 1.82) is 0 Å². The van der Waals surface area contributed by atoms with E-state index in [1.165, 1.54) is 18.2 Å². The van der Waals surface area contributed by atoms with Gasteiger partial charge in [0.15, 0.2) is 9.84 Å². The van der Waals surface area contributed by atoms with Crippen LogP contribution in [0, 0.1) is 10.5 Å². The molecule has 0 aliphatic heterocycles. The number of hydrogen-bond donors (Lipinski definition) is 0. The van der Waals surface area contributed by atoms with Gasteiger partial charge in [-0.3, -0.25) is 0 Å². The standard InChI is InChI=1S/C14H13IO5S2/c1-10-6-7-13(21(2,16)17)9-14(10)22(18,19)20-12-5-3-4-11(15)8-12/h3-9H,1-2H3. The first-order valence-electron chi connectivity index (χ1n) is 6.10. The molecule has 2 rings (SSSR count). The molecule has 22 heavy (non-hydrogen) atoms. The van der Waals surface area contributed by atoms with Crippen molar-refractivity contribution in [3.63, 3.8) is 0 Å². The van der Waals surface area contributed by atoms with E-state index in [-0.39, 0.29) is 15.5 Å². The molecule has 0 amide bonds. The lowest BCUT2D eigenvalue weighted by molar-refractivity contribution is 0.485. The van der Waals surface area contributed by atoms with Crippen molar-refractivity contribution in [3.8, 4) is 5.75 Å². The summed E-state index contributed by atoms with van der Waals surface area (Å²) in [5, 5.41) is 0. The second-order valence-corrected chi connectivity index (χ2v) is 9.47. The molecule has 0 aromatic heterocycles. The normalized spacial score (nSPS) is 12.1. The predicted molar refractivity (Wildman–Crippen MR) is 91.3 cm³/mol. The van der Waals surface area contributed by atoms with Crippen LogP contribution in [0.5, 0.6) is 5.75 Å². The van der Waals surface area contributed by atoms with E-state index in [1.807, 2.05) is 22.6 Å². The van der Waals surface area contributed by atoms with Crippen molar-refractivity contribution < 1.29 is 21.0 Å². The zero-order chi connectivity index (χ0) is 16.5. The van der Waals surface area contributed by atoms with Gasteiger partial charge in [-0.1, -0.05) is 12.1 Å². The summed E-state index contributed by atoms with van der Waals surface area (Å²) in [5.74, 6) is 0.177. The minimum atomic E-state index is -4.11. The third-order valence-electron chi connectivity index (χ3n) is 2.86. The summed E-state index contributed by atoms with van der Waals surface area (Å²) in [6.45, 7) is 1.58. The van der Waals surface area contributed by atoms with Crippen molar-refractivity contribution in [2.24, 2.45) is 0 Å². The lowest BCUT2D eigenvalue weighted by Gasteiger charge is -2.10. The highest BCUT2D eigenvalue weighted by Gasteiger charge is 2.22. The van der Waals surface area contributed by atoms with Crippen molar-refractivity contribution >= 4 is 42.5 Å². The van der Waals surface area contributed by atoms with Crippen molar-refractivity contribution in [1.82, 2.24) is 0 Å². The van der Waals surface area contributed by atoms with Gasteiger partial charge in [-0.2, -0.15) is 8.42 Å². The maximum Gasteiger partial charge on any atom is 0.339 e. The molecule has 0 aliphatic carbocycles. The topological polar surface area (TPSA) is 77.5 Å². The van der Waals surface area contributed by atoms with E-state index in [1.54, 1.807) is 25.1 Å². The Kier molecular flexibility index (Phi) is 4.83. The fraction of sp³-hybridized carbons (Fsp3) is 0.143. The molecule has 0 N–H and O–H groups in total. The molecule has 5 nitrogen and oxygen atoms in total. The molecule has 0 spiro atoms. The van der Waals surface area contributed by atoms with Crippen LogP contribution < -0.4 is 4.18 Å². The molecular formula is C14H13IO5S2. The highest BCUT2D eigenvalue weighted by molar-refractivity contribution is 14.1. The molecule has 0 saturated heterocycles. The van der Waals surface area contributed by atoms with Gasteiger partial charge in [0.2, 0.25) is 0 Å². The van der Waals surface area contributed by atoms with Gasteiger partial charge in [-0.25, -0.2) is 8.42 Å². The lowest BCUT2D eigenvalue weighted by Crippen LogP contribution is -2.12. The molecule has 0 bridgehead atoms. The van der Waals surface area contributed by atoms with Crippen LogP contribution in [0.25, 0.3) is 0 Å². The van der Waals surface area contributed by atoms with Gasteiger partial charge >= 0.3 is 10.1 Å². The van der Waals surface area contributed by atoms with E-state index in [2.05, 4.69) is 0 Å². The number of sulfone groups is 1. The molecule has 0 radical (unpaired) electrons. The summed E-state index contributed by atoms with van der Waals surface area (Å²) in [5.41, 5.74) is 0.415. The Hall–Kier alpha value is -1.13. The number of benzene rings is 2. The van der Waals surface area contributed by atoms with Crippen molar-refractivity contribution in [3.05, 3.63) is 51.6 Å². The third-order valence-corrected chi connectivity index (χ3v) is 6.03. The van der Waals surface area contributed by atoms with E-state index >= 15 is 0 Å². The minimum absolute atomic E-state index is 0.0667. The Morgan fingerprint density at radius 2 is 1.68 bits per heavy atom. The monoisotopic (exact) mass is 452 g/mol. The quantitative estimate of drug-likeness (QED) is 0.527. The molecule has 0 heterocycles. The summed E-state index contributed by atoms with van der Waals surface area (Å²) in [6.07, 6.45) is 1.02. The van der Waals surface area contributed by atoms with Crippen LogP contribution in [0.3, 0.4) is 0 Å². The van der Waals surface area contributed by atoms with E-state index < -0.39 is 20.0 Å². The van der Waals surface area contributed by atoms with Crippen LogP contribution in [0.1, 0.15) is 5.56 Å². The van der Waals surface area contributed by atoms with Gasteiger partial charge in [0, 0.05) is 9.83 Å². The Bertz CT molecular complexity index is 918. The number of rotatable bonds is 4. The van der Waals surface area contributed by atoms with Crippen LogP contribution in [0.4, 0.5) is 0 Å². The van der Waals surface area contributed by atoms with Crippen LogP contribution in [-0.2, 0) is 20.0 Å². The summed E-state index contributed by atoms with van der Waals surface area (Å²) in [4.78, 5) is -0.225. The Morgan fingerprint density at radius 3 is 2.27 bits per heavy atom. The van der Waals surface area contributed by atoms with Crippen LogP contribution in [0.2, 0.25) is 0 Å². The van der Waals surface area contributed by atoms with Gasteiger partial charge in [0.25, 0.3) is 0 Å². The number of aryl methyl sites for hydroxylation is 1. The molecule has 0 saturated carbocycles. The highest BCUT2D eigenvalue weighted by Crippen LogP contribution is 2.25. The molecule has 0 aliphatic rings. The van der Waals surface area contributed by atoms with E-state index in [0.29, 0.717) is 5.56 Å². The molecule has 118 valence electrons. The summed E-state index contributed by atoms with van der Waals surface area (Å²) in [6, 6.07) is 10.5. The van der Waals surface area contributed by atoms with Crippen LogP contribution >= 0.6 is 22.6 Å². The first-order valence-corrected chi connectivity index (χ1v) is 10.5. The molecule has 2 aromatic rings. The third kappa shape index (κ3) is 3.99. The lowest BCUT2D eigenvalue weighted by atomic mass is 10.2. The first-order chi connectivity index (χ1) is 10.1. The van der Waals surface area contributed by atoms with Crippen LogP contribution in [0.15, 0.2) is 52.3 Å². The van der Waals surface area contributed by atoms with E-state index in [0.717, 1.165) is 15.9 Å². The van der Waals surface area contributed by atoms with E-state index in [4.69, 9.17) is 4.18 Å². The second-order valence-electron chi connectivity index (χ2n) is 4.69. The Balaban J connectivity index is 2.50. The second kappa shape index (κ2) is 6.17. The molecule has 0 unspecified atom stereocenters. The van der Waals surface area contributed by atoms with E-state index in [9.17, 15) is 16.8 Å². The molecule has 0 fully saturated rings. The smallest absolute Gasteiger partial charge is 0.339 e. The SMILES string of the molecule is Cc1ccc(S(C)(=O)=O)cc1S(=O)(=O)Oc1cccc(I)c1. The van der Waals surface area contributed by atoms with Gasteiger partial charge in [0.1, 0.15) is 10.6 Å². The number of hydrogen-bond acceptors (Lipinski definition) is 5. The maximum atomic E-state index is 12.4. The fourth-order valence-corrected chi connectivity index (χ4v) is 4.19. The number of halogens is 1. The summed E-state index contributed by atoms with van der Waals surface area (Å²) >= 11 is 2.04. The maximum absolute atomic E-state index is 12.4. The van der Waals surface area contributed by atoms with Gasteiger partial charge < -0.3 is 4.18 Å². The average molecular weight is 452 g/mol. The summed E-state index contributed by atoms with van der Waals surface area (Å²) in [7, 11) is -7.61. The van der Waals surface area contributed by atoms with Gasteiger partial charge in [-0.15, -0.1) is 0 Å². The van der Waals surface area contributed by atoms with Crippen molar-refractivity contribution in [2.75, 3.05) is 6.26 Å². The van der Waals surface area contributed by atoms with Gasteiger partial charge in [-0.05, 0) is 65.4 Å². The highest BCUT2D eigenvalue weighted by atomic mass is 127. The predicted octanol–water partition coefficient (Wildman–Crippen LogP) is 2.77. The largest absolute Gasteiger partial charge is 0.379 e. The Morgan fingerprint density at radius 1 is 1.00 bits per heavy atom. The first kappa shape index (κ1) is 17.2. The zero-order valence-electron chi connectivity index (χ0n) is 11.8.